The van der Waals surface area contributed by atoms with Gasteiger partial charge < -0.3 is 9.73 Å². The molecule has 2 rings (SSSR count). The average molecular weight is 193 g/mol. The molecule has 0 spiro atoms. The molecule has 1 aromatic rings. The lowest BCUT2D eigenvalue weighted by molar-refractivity contribution is -0.141. The van der Waals surface area contributed by atoms with Crippen molar-refractivity contribution in [3.8, 4) is 0 Å². The molecule has 1 aliphatic rings. The van der Waals surface area contributed by atoms with Crippen LogP contribution in [0.3, 0.4) is 0 Å². The van der Waals surface area contributed by atoms with Gasteiger partial charge in [-0.05, 0) is 11.5 Å². The van der Waals surface area contributed by atoms with E-state index in [4.69, 9.17) is 4.42 Å². The number of amides is 1. The van der Waals surface area contributed by atoms with Crippen molar-refractivity contribution in [1.29, 1.82) is 0 Å². The predicted molar refractivity (Wildman–Crippen MR) is 52.5 cm³/mol. The zero-order valence-electron chi connectivity index (χ0n) is 8.70. The van der Waals surface area contributed by atoms with Crippen molar-refractivity contribution in [3.63, 3.8) is 0 Å². The molecule has 1 fully saturated rings. The van der Waals surface area contributed by atoms with Gasteiger partial charge in [-0.3, -0.25) is 4.79 Å². The van der Waals surface area contributed by atoms with E-state index in [9.17, 15) is 4.79 Å². The third-order valence-corrected chi connectivity index (χ3v) is 2.75. The first-order valence-corrected chi connectivity index (χ1v) is 4.82. The Morgan fingerprint density at radius 2 is 2.14 bits per heavy atom. The summed E-state index contributed by atoms with van der Waals surface area (Å²) in [6.07, 6.45) is 3.34. The Morgan fingerprint density at radius 1 is 1.43 bits per heavy atom. The van der Waals surface area contributed by atoms with Gasteiger partial charge in [-0.15, -0.1) is 0 Å². The SMILES string of the molecule is CC(C)(C)C1C(=O)NC1c1ccoc1. The third-order valence-electron chi connectivity index (χ3n) is 2.75. The van der Waals surface area contributed by atoms with E-state index in [-0.39, 0.29) is 23.3 Å². The third kappa shape index (κ3) is 1.33. The van der Waals surface area contributed by atoms with Crippen LogP contribution in [0.25, 0.3) is 0 Å². The molecule has 0 aliphatic carbocycles. The minimum atomic E-state index is 0.00424. The quantitative estimate of drug-likeness (QED) is 0.694. The van der Waals surface area contributed by atoms with Crippen molar-refractivity contribution in [2.75, 3.05) is 0 Å². The van der Waals surface area contributed by atoms with Crippen molar-refractivity contribution < 1.29 is 9.21 Å². The normalized spacial score (nSPS) is 26.9. The van der Waals surface area contributed by atoms with E-state index in [0.717, 1.165) is 5.56 Å². The molecule has 1 aromatic heterocycles. The maximum absolute atomic E-state index is 11.4. The van der Waals surface area contributed by atoms with Crippen LogP contribution < -0.4 is 5.32 Å². The van der Waals surface area contributed by atoms with Gasteiger partial charge in [0, 0.05) is 5.56 Å². The van der Waals surface area contributed by atoms with E-state index in [2.05, 4.69) is 26.1 Å². The highest BCUT2D eigenvalue weighted by atomic mass is 16.3. The van der Waals surface area contributed by atoms with Gasteiger partial charge >= 0.3 is 0 Å². The van der Waals surface area contributed by atoms with Gasteiger partial charge in [0.1, 0.15) is 0 Å². The van der Waals surface area contributed by atoms with Gasteiger partial charge in [-0.1, -0.05) is 20.8 Å². The second-order valence-corrected chi connectivity index (χ2v) is 4.89. The molecule has 0 bridgehead atoms. The Hall–Kier alpha value is -1.25. The van der Waals surface area contributed by atoms with Gasteiger partial charge in [0.2, 0.25) is 5.91 Å². The first kappa shape index (κ1) is 9.31. The van der Waals surface area contributed by atoms with Crippen LogP contribution in [0.2, 0.25) is 0 Å². The summed E-state index contributed by atoms with van der Waals surface area (Å²) in [7, 11) is 0. The fraction of sp³-hybridized carbons (Fsp3) is 0.545. The molecule has 1 amide bonds. The highest BCUT2D eigenvalue weighted by Crippen LogP contribution is 2.42. The summed E-state index contributed by atoms with van der Waals surface area (Å²) in [6, 6.07) is 2.03. The molecular formula is C11H15NO2. The molecule has 3 heteroatoms. The van der Waals surface area contributed by atoms with Gasteiger partial charge in [-0.2, -0.15) is 0 Å². The monoisotopic (exact) mass is 193 g/mol. The van der Waals surface area contributed by atoms with Gasteiger partial charge in [0.15, 0.2) is 0 Å². The zero-order chi connectivity index (χ0) is 10.3. The first-order chi connectivity index (χ1) is 6.50. The fourth-order valence-corrected chi connectivity index (χ4v) is 2.00. The van der Waals surface area contributed by atoms with Gasteiger partial charge in [-0.25, -0.2) is 0 Å². The van der Waals surface area contributed by atoms with Gasteiger partial charge in [0.05, 0.1) is 24.5 Å². The topological polar surface area (TPSA) is 42.2 Å². The maximum Gasteiger partial charge on any atom is 0.226 e. The Balaban J connectivity index is 2.21. The van der Waals surface area contributed by atoms with E-state index in [1.807, 2.05) is 6.07 Å². The summed E-state index contributed by atoms with van der Waals surface area (Å²) in [5.74, 6) is 0.198. The van der Waals surface area contributed by atoms with Crippen LogP contribution in [-0.2, 0) is 4.79 Å². The molecule has 1 N–H and O–H groups in total. The highest BCUT2D eigenvalue weighted by molar-refractivity contribution is 5.87. The van der Waals surface area contributed by atoms with Crippen molar-refractivity contribution in [3.05, 3.63) is 24.2 Å². The summed E-state index contributed by atoms with van der Waals surface area (Å²) >= 11 is 0. The standard InChI is InChI=1S/C11H15NO2/c1-11(2,3)8-9(12-10(8)13)7-4-5-14-6-7/h4-6,8-9H,1-3H3,(H,12,13). The second-order valence-electron chi connectivity index (χ2n) is 4.89. The fourth-order valence-electron chi connectivity index (χ4n) is 2.00. The molecule has 2 unspecified atom stereocenters. The van der Waals surface area contributed by atoms with Crippen LogP contribution >= 0.6 is 0 Å². The Bertz CT molecular complexity index is 335. The first-order valence-electron chi connectivity index (χ1n) is 4.82. The molecule has 0 radical (unpaired) electrons. The van der Waals surface area contributed by atoms with Crippen LogP contribution in [0.5, 0.6) is 0 Å². The van der Waals surface area contributed by atoms with E-state index >= 15 is 0 Å². The minimum Gasteiger partial charge on any atom is -0.472 e. The second kappa shape index (κ2) is 2.87. The molecule has 3 nitrogen and oxygen atoms in total. The highest BCUT2D eigenvalue weighted by Gasteiger charge is 2.47. The number of furan rings is 1. The summed E-state index contributed by atoms with van der Waals surface area (Å²) in [4.78, 5) is 11.4. The molecule has 1 saturated heterocycles. The number of carbonyl (C=O) groups is 1. The molecule has 1 aliphatic heterocycles. The Morgan fingerprint density at radius 3 is 2.57 bits per heavy atom. The number of nitrogens with one attached hydrogen (secondary N) is 1. The molecule has 2 atom stereocenters. The lowest BCUT2D eigenvalue weighted by Crippen LogP contribution is -2.56. The summed E-state index contributed by atoms with van der Waals surface area (Å²) in [6.45, 7) is 6.26. The molecular weight excluding hydrogens is 178 g/mol. The van der Waals surface area contributed by atoms with E-state index in [1.54, 1.807) is 12.5 Å². The lowest BCUT2D eigenvalue weighted by atomic mass is 9.69. The Kier molecular flexibility index (Phi) is 1.91. The number of hydrogen-bond acceptors (Lipinski definition) is 2. The average Bonchev–Trinajstić information content (AvgIpc) is 2.47. The van der Waals surface area contributed by atoms with Crippen LogP contribution in [0, 0.1) is 11.3 Å². The molecule has 2 heterocycles. The molecule has 0 saturated carbocycles. The Labute approximate surface area is 83.5 Å². The number of β-lactam (4-membered cyclic amide) rings is 1. The largest absolute Gasteiger partial charge is 0.472 e. The van der Waals surface area contributed by atoms with Crippen LogP contribution in [-0.4, -0.2) is 5.91 Å². The van der Waals surface area contributed by atoms with Crippen molar-refractivity contribution in [1.82, 2.24) is 5.32 Å². The summed E-state index contributed by atoms with van der Waals surface area (Å²) < 4.78 is 5.02. The van der Waals surface area contributed by atoms with Crippen molar-refractivity contribution in [2.24, 2.45) is 11.3 Å². The minimum absolute atomic E-state index is 0.00424. The van der Waals surface area contributed by atoms with E-state index < -0.39 is 0 Å². The molecule has 14 heavy (non-hydrogen) atoms. The number of carbonyl (C=O) groups excluding carboxylic acids is 1. The molecule has 76 valence electrons. The lowest BCUT2D eigenvalue weighted by Gasteiger charge is -2.44. The molecule has 0 aromatic carbocycles. The van der Waals surface area contributed by atoms with Crippen LogP contribution in [0.4, 0.5) is 0 Å². The van der Waals surface area contributed by atoms with E-state index in [1.165, 1.54) is 0 Å². The van der Waals surface area contributed by atoms with Crippen molar-refractivity contribution >= 4 is 5.91 Å². The maximum atomic E-state index is 11.4. The number of rotatable bonds is 1. The smallest absolute Gasteiger partial charge is 0.226 e. The van der Waals surface area contributed by atoms with Gasteiger partial charge in [0.25, 0.3) is 0 Å². The van der Waals surface area contributed by atoms with E-state index in [0.29, 0.717) is 0 Å². The zero-order valence-corrected chi connectivity index (χ0v) is 8.70. The number of hydrogen-bond donors (Lipinski definition) is 1. The van der Waals surface area contributed by atoms with Crippen molar-refractivity contribution in [2.45, 2.75) is 26.8 Å². The predicted octanol–water partition coefficient (Wildman–Crippen LogP) is 2.11. The summed E-state index contributed by atoms with van der Waals surface area (Å²) in [5.41, 5.74) is 1.06. The summed E-state index contributed by atoms with van der Waals surface area (Å²) in [5, 5.41) is 2.90. The van der Waals surface area contributed by atoms with Crippen LogP contribution in [0.15, 0.2) is 23.0 Å². The van der Waals surface area contributed by atoms with Crippen LogP contribution in [0.1, 0.15) is 32.4 Å².